The van der Waals surface area contributed by atoms with Crippen LogP contribution in [0.3, 0.4) is 0 Å². The van der Waals surface area contributed by atoms with Gasteiger partial charge in [0.1, 0.15) is 5.75 Å². The van der Waals surface area contributed by atoms with E-state index in [1.165, 1.54) is 30.4 Å². The van der Waals surface area contributed by atoms with Crippen LogP contribution in [0.4, 0.5) is 0 Å². The fraction of sp³-hybridized carbons (Fsp3) is 0.400. The van der Waals surface area contributed by atoms with Gasteiger partial charge in [-0.1, -0.05) is 42.8 Å². The fourth-order valence-corrected chi connectivity index (χ4v) is 4.89. The van der Waals surface area contributed by atoms with Crippen LogP contribution in [-0.2, 0) is 23.0 Å². The summed E-state index contributed by atoms with van der Waals surface area (Å²) >= 11 is 6.07. The predicted molar refractivity (Wildman–Crippen MR) is 108 cm³/mol. The molecule has 7 heteroatoms. The van der Waals surface area contributed by atoms with Crippen molar-refractivity contribution in [2.24, 2.45) is 0 Å². The second-order valence-electron chi connectivity index (χ2n) is 6.70. The van der Waals surface area contributed by atoms with Crippen LogP contribution < -0.4 is 9.46 Å². The molecule has 1 aliphatic heterocycles. The van der Waals surface area contributed by atoms with Crippen molar-refractivity contribution in [2.45, 2.75) is 37.2 Å². The lowest BCUT2D eigenvalue weighted by molar-refractivity contribution is 0.175. The van der Waals surface area contributed by atoms with Gasteiger partial charge in [0.15, 0.2) is 0 Å². The van der Waals surface area contributed by atoms with E-state index >= 15 is 0 Å². The Morgan fingerprint density at radius 2 is 1.96 bits per heavy atom. The number of halogens is 1. The van der Waals surface area contributed by atoms with Gasteiger partial charge < -0.3 is 4.74 Å². The van der Waals surface area contributed by atoms with Crippen LogP contribution in [0.2, 0.25) is 5.02 Å². The van der Waals surface area contributed by atoms with Crippen LogP contribution in [0.15, 0.2) is 47.4 Å². The number of nitrogens with zero attached hydrogens (tertiary/aromatic N) is 1. The minimum Gasteiger partial charge on any atom is -0.495 e. The summed E-state index contributed by atoms with van der Waals surface area (Å²) in [5, 5.41) is 0.278. The molecule has 0 spiro atoms. The lowest BCUT2D eigenvalue weighted by atomic mass is 9.98. The van der Waals surface area contributed by atoms with Crippen molar-refractivity contribution in [3.63, 3.8) is 0 Å². The summed E-state index contributed by atoms with van der Waals surface area (Å²) in [4.78, 5) is 2.50. The number of nitrogens with one attached hydrogen (secondary N) is 1. The van der Waals surface area contributed by atoms with Crippen LogP contribution in [0.1, 0.15) is 24.5 Å². The van der Waals surface area contributed by atoms with Crippen molar-refractivity contribution >= 4 is 21.6 Å². The molecule has 2 aromatic rings. The number of methoxy groups -OCH3 is 1. The van der Waals surface area contributed by atoms with Crippen LogP contribution in [0, 0.1) is 0 Å². The number of benzene rings is 2. The quantitative estimate of drug-likeness (QED) is 0.762. The molecule has 3 rings (SSSR count). The van der Waals surface area contributed by atoms with Crippen LogP contribution in [0.25, 0.3) is 0 Å². The Morgan fingerprint density at radius 3 is 2.63 bits per heavy atom. The molecule has 0 aliphatic carbocycles. The lowest BCUT2D eigenvalue weighted by Crippen LogP contribution is -2.45. The topological polar surface area (TPSA) is 58.6 Å². The van der Waals surface area contributed by atoms with Crippen LogP contribution in [-0.4, -0.2) is 39.6 Å². The van der Waals surface area contributed by atoms with E-state index in [1.54, 1.807) is 6.07 Å². The number of hydrogen-bond donors (Lipinski definition) is 1. The van der Waals surface area contributed by atoms with E-state index in [4.69, 9.17) is 16.3 Å². The molecule has 1 N–H and O–H groups in total. The van der Waals surface area contributed by atoms with Gasteiger partial charge in [-0.15, -0.1) is 0 Å². The molecule has 1 unspecified atom stereocenters. The Balaban J connectivity index is 1.68. The van der Waals surface area contributed by atoms with Gasteiger partial charge in [0.25, 0.3) is 0 Å². The first-order valence-electron chi connectivity index (χ1n) is 9.08. The summed E-state index contributed by atoms with van der Waals surface area (Å²) in [7, 11) is -2.13. The van der Waals surface area contributed by atoms with E-state index in [9.17, 15) is 8.42 Å². The summed E-state index contributed by atoms with van der Waals surface area (Å²) in [5.74, 6) is 0.453. The van der Waals surface area contributed by atoms with E-state index in [2.05, 4.69) is 40.8 Å². The molecular formula is C20H25ClN2O3S. The molecule has 1 heterocycles. The van der Waals surface area contributed by atoms with Crippen molar-refractivity contribution in [1.82, 2.24) is 9.62 Å². The smallest absolute Gasteiger partial charge is 0.240 e. The number of rotatable bonds is 7. The van der Waals surface area contributed by atoms with Gasteiger partial charge in [-0.3, -0.25) is 4.90 Å². The highest BCUT2D eigenvalue weighted by Crippen LogP contribution is 2.27. The average molecular weight is 409 g/mol. The molecule has 0 saturated heterocycles. The molecule has 0 bridgehead atoms. The maximum atomic E-state index is 12.7. The van der Waals surface area contributed by atoms with Gasteiger partial charge in [0, 0.05) is 25.7 Å². The van der Waals surface area contributed by atoms with E-state index in [1.807, 2.05) is 0 Å². The fourth-order valence-electron chi connectivity index (χ4n) is 3.46. The number of hydrogen-bond acceptors (Lipinski definition) is 4. The summed E-state index contributed by atoms with van der Waals surface area (Å²) in [5.41, 5.74) is 2.71. The predicted octanol–water partition coefficient (Wildman–Crippen LogP) is 3.46. The first-order chi connectivity index (χ1) is 12.9. The zero-order chi connectivity index (χ0) is 19.4. The summed E-state index contributed by atoms with van der Waals surface area (Å²) in [6.07, 6.45) is 1.86. The second kappa shape index (κ2) is 8.61. The molecular weight excluding hydrogens is 384 g/mol. The highest BCUT2D eigenvalue weighted by atomic mass is 35.5. The van der Waals surface area contributed by atoms with E-state index in [0.29, 0.717) is 12.3 Å². The first kappa shape index (κ1) is 20.1. The Hall–Kier alpha value is -1.60. The van der Waals surface area contributed by atoms with E-state index in [-0.39, 0.29) is 16.0 Å². The van der Waals surface area contributed by atoms with Crippen LogP contribution in [0.5, 0.6) is 5.75 Å². The minimum atomic E-state index is -3.63. The third-order valence-electron chi connectivity index (χ3n) is 5.09. The molecule has 1 aliphatic rings. The maximum Gasteiger partial charge on any atom is 0.240 e. The number of ether oxygens (including phenoxy) is 1. The van der Waals surface area contributed by atoms with Gasteiger partial charge in [-0.05, 0) is 42.2 Å². The van der Waals surface area contributed by atoms with Crippen molar-refractivity contribution in [3.8, 4) is 5.75 Å². The third kappa shape index (κ3) is 4.63. The maximum absolute atomic E-state index is 12.7. The van der Waals surface area contributed by atoms with Gasteiger partial charge in [0.2, 0.25) is 10.0 Å². The van der Waals surface area contributed by atoms with Gasteiger partial charge in [0.05, 0.1) is 17.0 Å². The van der Waals surface area contributed by atoms with Gasteiger partial charge in [-0.2, -0.15) is 0 Å². The molecule has 0 aromatic heterocycles. The molecule has 146 valence electrons. The van der Waals surface area contributed by atoms with Crippen molar-refractivity contribution < 1.29 is 13.2 Å². The number of sulfonamides is 1. The monoisotopic (exact) mass is 408 g/mol. The molecule has 1 atom stereocenters. The summed E-state index contributed by atoms with van der Waals surface area (Å²) in [6, 6.07) is 13.1. The SMILES string of the molecule is CCC(CNS(=O)(=O)c1ccc(OC)c(Cl)c1)N1CCc2ccccc2C1. The molecule has 2 aromatic carbocycles. The normalized spacial score (nSPS) is 16.0. The lowest BCUT2D eigenvalue weighted by Gasteiger charge is -2.35. The molecule has 27 heavy (non-hydrogen) atoms. The Morgan fingerprint density at radius 1 is 1.22 bits per heavy atom. The van der Waals surface area contributed by atoms with E-state index < -0.39 is 10.0 Å². The Bertz CT molecular complexity index is 902. The summed E-state index contributed by atoms with van der Waals surface area (Å²) in [6.45, 7) is 4.24. The Kier molecular flexibility index (Phi) is 6.42. The zero-order valence-electron chi connectivity index (χ0n) is 15.6. The highest BCUT2D eigenvalue weighted by Gasteiger charge is 2.24. The van der Waals surface area contributed by atoms with Crippen molar-refractivity contribution in [3.05, 3.63) is 58.6 Å². The largest absolute Gasteiger partial charge is 0.495 e. The molecule has 0 amide bonds. The minimum absolute atomic E-state index is 0.141. The first-order valence-corrected chi connectivity index (χ1v) is 10.9. The van der Waals surface area contributed by atoms with Crippen LogP contribution >= 0.6 is 11.6 Å². The standard InChI is InChI=1S/C20H25ClN2O3S/c1-3-17(23-11-10-15-6-4-5-7-16(15)14-23)13-22-27(24,25)18-8-9-20(26-2)19(21)12-18/h4-9,12,17,22H,3,10-11,13-14H2,1-2H3. The average Bonchev–Trinajstić information content (AvgIpc) is 2.68. The molecule has 0 radical (unpaired) electrons. The van der Waals surface area contributed by atoms with Crippen molar-refractivity contribution in [2.75, 3.05) is 20.2 Å². The molecule has 5 nitrogen and oxygen atoms in total. The third-order valence-corrected chi connectivity index (χ3v) is 6.81. The zero-order valence-corrected chi connectivity index (χ0v) is 17.2. The molecule has 0 fully saturated rings. The van der Waals surface area contributed by atoms with Gasteiger partial charge in [-0.25, -0.2) is 13.1 Å². The Labute approximate surface area is 166 Å². The second-order valence-corrected chi connectivity index (χ2v) is 8.87. The number of fused-ring (bicyclic) bond motifs is 1. The summed E-state index contributed by atoms with van der Waals surface area (Å²) < 4.78 is 33.1. The molecule has 0 saturated carbocycles. The van der Waals surface area contributed by atoms with Gasteiger partial charge >= 0.3 is 0 Å². The van der Waals surface area contributed by atoms with Crippen molar-refractivity contribution in [1.29, 1.82) is 0 Å². The van der Waals surface area contributed by atoms with E-state index in [0.717, 1.165) is 25.9 Å². The highest BCUT2D eigenvalue weighted by molar-refractivity contribution is 7.89.